The number of H-pyrrole nitrogens is 1. The van der Waals surface area contributed by atoms with Gasteiger partial charge in [0.15, 0.2) is 11.7 Å². The molecular formula is C18H20ClN5O3. The third kappa shape index (κ3) is 4.24. The lowest BCUT2D eigenvalue weighted by Gasteiger charge is -2.07. The maximum Gasteiger partial charge on any atom is 0.296 e. The van der Waals surface area contributed by atoms with E-state index in [1.54, 1.807) is 31.3 Å². The molecule has 8 nitrogen and oxygen atoms in total. The molecule has 142 valence electrons. The average Bonchev–Trinajstić information content (AvgIpc) is 3.24. The first-order valence-corrected chi connectivity index (χ1v) is 8.54. The SMILES string of the molecule is CNC(N)=NC(=O)c1cc2c(Cl)ccc(Oc3ccc(CN(C)C)o3)c2[nH]1. The van der Waals surface area contributed by atoms with Gasteiger partial charge in [-0.05, 0) is 38.4 Å². The summed E-state index contributed by atoms with van der Waals surface area (Å²) in [5.41, 5.74) is 6.35. The number of carbonyl (C=O) groups excluding carboxylic acids is 1. The monoisotopic (exact) mass is 389 g/mol. The van der Waals surface area contributed by atoms with Crippen LogP contribution in [0.15, 0.2) is 39.7 Å². The number of guanidine groups is 1. The van der Waals surface area contributed by atoms with Gasteiger partial charge in [-0.25, -0.2) is 0 Å². The van der Waals surface area contributed by atoms with Gasteiger partial charge < -0.3 is 30.1 Å². The maximum absolute atomic E-state index is 12.2. The van der Waals surface area contributed by atoms with E-state index in [0.29, 0.717) is 34.2 Å². The number of hydrogen-bond donors (Lipinski definition) is 3. The molecule has 0 radical (unpaired) electrons. The number of amides is 1. The van der Waals surface area contributed by atoms with Gasteiger partial charge in [-0.3, -0.25) is 4.79 Å². The van der Waals surface area contributed by atoms with Gasteiger partial charge in [-0.2, -0.15) is 4.99 Å². The molecule has 2 heterocycles. The maximum atomic E-state index is 12.2. The predicted molar refractivity (Wildman–Crippen MR) is 104 cm³/mol. The molecule has 0 saturated carbocycles. The van der Waals surface area contributed by atoms with E-state index in [1.165, 1.54) is 0 Å². The van der Waals surface area contributed by atoms with E-state index in [1.807, 2.05) is 25.1 Å². The van der Waals surface area contributed by atoms with Crippen molar-refractivity contribution in [2.75, 3.05) is 21.1 Å². The summed E-state index contributed by atoms with van der Waals surface area (Å²) in [7, 11) is 5.48. The molecule has 27 heavy (non-hydrogen) atoms. The summed E-state index contributed by atoms with van der Waals surface area (Å²) in [6.07, 6.45) is 0. The second-order valence-corrected chi connectivity index (χ2v) is 6.54. The van der Waals surface area contributed by atoms with Crippen LogP contribution in [0.2, 0.25) is 5.02 Å². The zero-order chi connectivity index (χ0) is 19.6. The molecule has 0 spiro atoms. The van der Waals surface area contributed by atoms with Gasteiger partial charge >= 0.3 is 0 Å². The Morgan fingerprint density at radius 3 is 2.85 bits per heavy atom. The van der Waals surface area contributed by atoms with Crippen molar-refractivity contribution in [3.63, 3.8) is 0 Å². The van der Waals surface area contributed by atoms with Crippen molar-refractivity contribution in [1.82, 2.24) is 15.2 Å². The molecule has 1 aromatic carbocycles. The van der Waals surface area contributed by atoms with Crippen LogP contribution in [0.1, 0.15) is 16.2 Å². The number of aromatic nitrogens is 1. The smallest absolute Gasteiger partial charge is 0.296 e. The van der Waals surface area contributed by atoms with Crippen LogP contribution in [0.4, 0.5) is 0 Å². The zero-order valence-corrected chi connectivity index (χ0v) is 15.9. The second kappa shape index (κ2) is 7.73. The number of carbonyl (C=O) groups is 1. The molecule has 9 heteroatoms. The van der Waals surface area contributed by atoms with Gasteiger partial charge in [0.25, 0.3) is 11.9 Å². The molecule has 0 aliphatic rings. The predicted octanol–water partition coefficient (Wildman–Crippen LogP) is 2.94. The van der Waals surface area contributed by atoms with E-state index in [4.69, 9.17) is 26.5 Å². The van der Waals surface area contributed by atoms with Gasteiger partial charge in [0.2, 0.25) is 0 Å². The fourth-order valence-electron chi connectivity index (χ4n) is 2.50. The highest BCUT2D eigenvalue weighted by Crippen LogP contribution is 2.35. The molecule has 0 aliphatic heterocycles. The van der Waals surface area contributed by atoms with Crippen LogP contribution < -0.4 is 15.8 Å². The van der Waals surface area contributed by atoms with Crippen molar-refractivity contribution in [1.29, 1.82) is 0 Å². The molecule has 2 aromatic heterocycles. The Kier molecular flexibility index (Phi) is 5.38. The quantitative estimate of drug-likeness (QED) is 0.457. The molecule has 0 saturated heterocycles. The Labute approximate surface area is 160 Å². The van der Waals surface area contributed by atoms with Crippen LogP contribution in [0.3, 0.4) is 0 Å². The van der Waals surface area contributed by atoms with Crippen molar-refractivity contribution < 1.29 is 13.9 Å². The van der Waals surface area contributed by atoms with Gasteiger partial charge in [-0.15, -0.1) is 0 Å². The first kappa shape index (κ1) is 18.8. The topological polar surface area (TPSA) is 109 Å². The third-order valence-corrected chi connectivity index (χ3v) is 4.06. The lowest BCUT2D eigenvalue weighted by Crippen LogP contribution is -2.28. The van der Waals surface area contributed by atoms with Crippen molar-refractivity contribution in [2.45, 2.75) is 6.54 Å². The van der Waals surface area contributed by atoms with Gasteiger partial charge in [0.1, 0.15) is 11.5 Å². The zero-order valence-electron chi connectivity index (χ0n) is 15.2. The number of rotatable bonds is 5. The molecule has 0 fully saturated rings. The molecular weight excluding hydrogens is 370 g/mol. The number of fused-ring (bicyclic) bond motifs is 1. The van der Waals surface area contributed by atoms with Crippen molar-refractivity contribution in [3.05, 3.63) is 46.8 Å². The number of ether oxygens (including phenoxy) is 1. The van der Waals surface area contributed by atoms with E-state index < -0.39 is 5.91 Å². The van der Waals surface area contributed by atoms with E-state index in [2.05, 4.69) is 15.3 Å². The highest BCUT2D eigenvalue weighted by Gasteiger charge is 2.16. The molecule has 0 unspecified atom stereocenters. The Balaban J connectivity index is 1.93. The van der Waals surface area contributed by atoms with Crippen molar-refractivity contribution in [3.8, 4) is 11.7 Å². The van der Waals surface area contributed by atoms with Crippen molar-refractivity contribution in [2.24, 2.45) is 10.7 Å². The molecule has 0 bridgehead atoms. The van der Waals surface area contributed by atoms with Gasteiger partial charge in [0.05, 0.1) is 17.1 Å². The van der Waals surface area contributed by atoms with Crippen molar-refractivity contribution >= 4 is 34.4 Å². The average molecular weight is 390 g/mol. The summed E-state index contributed by atoms with van der Waals surface area (Å²) < 4.78 is 11.5. The molecule has 4 N–H and O–H groups in total. The lowest BCUT2D eigenvalue weighted by molar-refractivity contribution is 0.0998. The summed E-state index contributed by atoms with van der Waals surface area (Å²) in [6.45, 7) is 0.658. The number of halogens is 1. The molecule has 3 rings (SSSR count). The molecule has 1 amide bonds. The van der Waals surface area contributed by atoms with Crippen LogP contribution >= 0.6 is 11.6 Å². The summed E-state index contributed by atoms with van der Waals surface area (Å²) in [5.74, 6) is 1.09. The van der Waals surface area contributed by atoms with E-state index in [9.17, 15) is 4.79 Å². The Morgan fingerprint density at radius 2 is 2.15 bits per heavy atom. The number of nitrogens with zero attached hydrogens (tertiary/aromatic N) is 2. The van der Waals surface area contributed by atoms with E-state index in [-0.39, 0.29) is 11.7 Å². The Bertz CT molecular complexity index is 1010. The molecule has 0 aliphatic carbocycles. The van der Waals surface area contributed by atoms with Crippen LogP contribution in [0, 0.1) is 0 Å². The lowest BCUT2D eigenvalue weighted by atomic mass is 10.2. The van der Waals surface area contributed by atoms with Crippen LogP contribution in [0.5, 0.6) is 11.7 Å². The number of aliphatic imine (C=N–C) groups is 1. The minimum Gasteiger partial charge on any atom is -0.429 e. The third-order valence-electron chi connectivity index (χ3n) is 3.73. The van der Waals surface area contributed by atoms with E-state index in [0.717, 1.165) is 5.76 Å². The Hall–Kier alpha value is -2.97. The molecule has 3 aromatic rings. The first-order chi connectivity index (χ1) is 12.9. The number of hydrogen-bond acceptors (Lipinski definition) is 4. The summed E-state index contributed by atoms with van der Waals surface area (Å²) in [4.78, 5) is 20.9. The standard InChI is InChI=1S/C18H20ClN5O3/c1-21-18(20)23-17(25)13-8-11-12(19)5-6-14(16(11)22-13)27-15-7-4-10(26-15)9-24(2)3/h4-8,22H,9H2,1-3H3,(H3,20,21,23,25). The number of benzene rings is 1. The summed E-state index contributed by atoms with van der Waals surface area (Å²) in [5, 5.41) is 3.71. The van der Waals surface area contributed by atoms with Gasteiger partial charge in [0, 0.05) is 18.5 Å². The highest BCUT2D eigenvalue weighted by molar-refractivity contribution is 6.35. The molecule has 0 atom stereocenters. The highest BCUT2D eigenvalue weighted by atomic mass is 35.5. The van der Waals surface area contributed by atoms with Crippen LogP contribution in [-0.2, 0) is 6.54 Å². The normalized spacial score (nSPS) is 12.0. The van der Waals surface area contributed by atoms with Crippen LogP contribution in [0.25, 0.3) is 10.9 Å². The summed E-state index contributed by atoms with van der Waals surface area (Å²) >= 11 is 6.26. The first-order valence-electron chi connectivity index (χ1n) is 8.16. The minimum absolute atomic E-state index is 0.0187. The van der Waals surface area contributed by atoms with E-state index >= 15 is 0 Å². The van der Waals surface area contributed by atoms with Crippen LogP contribution in [-0.4, -0.2) is 42.9 Å². The second-order valence-electron chi connectivity index (χ2n) is 6.13. The summed E-state index contributed by atoms with van der Waals surface area (Å²) in [6, 6.07) is 8.59. The Morgan fingerprint density at radius 1 is 1.37 bits per heavy atom. The minimum atomic E-state index is -0.522. The fraction of sp³-hybridized carbons (Fsp3) is 0.222. The van der Waals surface area contributed by atoms with Gasteiger partial charge in [-0.1, -0.05) is 11.6 Å². The number of nitrogens with two attached hydrogens (primary N) is 1. The number of furan rings is 1. The fourth-order valence-corrected chi connectivity index (χ4v) is 2.72. The largest absolute Gasteiger partial charge is 0.429 e. The number of aromatic amines is 1. The number of nitrogens with one attached hydrogen (secondary N) is 2.